The summed E-state index contributed by atoms with van der Waals surface area (Å²) in [6.45, 7) is 4.19. The quantitative estimate of drug-likeness (QED) is 0.747. The summed E-state index contributed by atoms with van der Waals surface area (Å²) in [7, 11) is 0. The average Bonchev–Trinajstić information content (AvgIpc) is 2.30. The van der Waals surface area contributed by atoms with Crippen molar-refractivity contribution in [3.05, 3.63) is 0 Å². The molecule has 2 fully saturated rings. The second kappa shape index (κ2) is 5.48. The maximum atomic E-state index is 10.1. The van der Waals surface area contributed by atoms with Crippen molar-refractivity contribution in [2.24, 2.45) is 11.7 Å². The molecule has 94 valence electrons. The first-order chi connectivity index (χ1) is 7.72. The molecule has 1 aliphatic heterocycles. The number of rotatable bonds is 2. The molecule has 0 spiro atoms. The van der Waals surface area contributed by atoms with Crippen molar-refractivity contribution in [3.63, 3.8) is 0 Å². The molecular formula is C13H26N2O. The van der Waals surface area contributed by atoms with Crippen LogP contribution in [0.4, 0.5) is 0 Å². The van der Waals surface area contributed by atoms with Crippen LogP contribution in [0.5, 0.6) is 0 Å². The van der Waals surface area contributed by atoms with E-state index in [1.165, 1.54) is 25.7 Å². The molecule has 4 atom stereocenters. The molecule has 3 nitrogen and oxygen atoms in total. The Labute approximate surface area is 99.0 Å². The van der Waals surface area contributed by atoms with Crippen molar-refractivity contribution in [1.29, 1.82) is 0 Å². The lowest BCUT2D eigenvalue weighted by Crippen LogP contribution is -2.55. The number of hydrogen-bond donors (Lipinski definition) is 2. The first-order valence-corrected chi connectivity index (χ1v) is 6.86. The number of nitrogens with two attached hydrogens (primary N) is 1. The van der Waals surface area contributed by atoms with Crippen LogP contribution in [0.15, 0.2) is 0 Å². The highest BCUT2D eigenvalue weighted by atomic mass is 16.3. The zero-order chi connectivity index (χ0) is 11.5. The molecule has 1 aliphatic carbocycles. The molecule has 1 saturated carbocycles. The highest BCUT2D eigenvalue weighted by molar-refractivity contribution is 4.90. The topological polar surface area (TPSA) is 49.5 Å². The van der Waals surface area contributed by atoms with Gasteiger partial charge in [0.2, 0.25) is 0 Å². The minimum absolute atomic E-state index is 0.115. The Kier molecular flexibility index (Phi) is 4.22. The maximum Gasteiger partial charge on any atom is 0.0695 e. The first kappa shape index (κ1) is 12.3. The van der Waals surface area contributed by atoms with E-state index in [1.54, 1.807) is 0 Å². The van der Waals surface area contributed by atoms with Crippen molar-refractivity contribution in [1.82, 2.24) is 4.90 Å². The number of aliphatic hydroxyl groups excluding tert-OH is 1. The van der Waals surface area contributed by atoms with E-state index in [9.17, 15) is 5.11 Å². The van der Waals surface area contributed by atoms with Crippen LogP contribution in [0.3, 0.4) is 0 Å². The second-order valence-corrected chi connectivity index (χ2v) is 5.68. The van der Waals surface area contributed by atoms with Crippen molar-refractivity contribution < 1.29 is 5.11 Å². The van der Waals surface area contributed by atoms with Crippen LogP contribution >= 0.6 is 0 Å². The molecule has 1 saturated heterocycles. The van der Waals surface area contributed by atoms with Gasteiger partial charge in [-0.05, 0) is 38.1 Å². The molecule has 0 bridgehead atoms. The van der Waals surface area contributed by atoms with Gasteiger partial charge in [0.1, 0.15) is 0 Å². The number of piperidine rings is 1. The molecule has 0 aromatic rings. The van der Waals surface area contributed by atoms with E-state index in [0.29, 0.717) is 12.1 Å². The smallest absolute Gasteiger partial charge is 0.0695 e. The van der Waals surface area contributed by atoms with E-state index in [2.05, 4.69) is 11.8 Å². The molecular weight excluding hydrogens is 200 g/mol. The third-order valence-corrected chi connectivity index (χ3v) is 4.42. The fraction of sp³-hybridized carbons (Fsp3) is 1.00. The van der Waals surface area contributed by atoms with E-state index in [-0.39, 0.29) is 6.10 Å². The van der Waals surface area contributed by atoms with Gasteiger partial charge in [-0.2, -0.15) is 0 Å². The molecule has 16 heavy (non-hydrogen) atoms. The summed E-state index contributed by atoms with van der Waals surface area (Å²) < 4.78 is 0. The Morgan fingerprint density at radius 1 is 1.25 bits per heavy atom. The summed E-state index contributed by atoms with van der Waals surface area (Å²) in [6, 6.07) is 0.885. The SMILES string of the molecule is CC1CCN(C2CCCCC2O)C(CN)C1. The fourth-order valence-electron chi connectivity index (χ4n) is 3.42. The molecule has 4 unspecified atom stereocenters. The van der Waals surface area contributed by atoms with Crippen LogP contribution in [-0.4, -0.2) is 41.3 Å². The Morgan fingerprint density at radius 2 is 2.00 bits per heavy atom. The molecule has 1 heterocycles. The zero-order valence-electron chi connectivity index (χ0n) is 10.4. The van der Waals surface area contributed by atoms with E-state index in [1.807, 2.05) is 0 Å². The van der Waals surface area contributed by atoms with Crippen LogP contribution < -0.4 is 5.73 Å². The van der Waals surface area contributed by atoms with Gasteiger partial charge in [-0.3, -0.25) is 4.90 Å². The van der Waals surface area contributed by atoms with Gasteiger partial charge in [-0.1, -0.05) is 19.8 Å². The van der Waals surface area contributed by atoms with Crippen molar-refractivity contribution in [2.45, 2.75) is 63.6 Å². The van der Waals surface area contributed by atoms with Crippen LogP contribution in [0.2, 0.25) is 0 Å². The van der Waals surface area contributed by atoms with Crippen molar-refractivity contribution in [3.8, 4) is 0 Å². The summed E-state index contributed by atoms with van der Waals surface area (Å²) in [6.07, 6.45) is 6.95. The third kappa shape index (κ3) is 2.58. The van der Waals surface area contributed by atoms with Gasteiger partial charge < -0.3 is 10.8 Å². The van der Waals surface area contributed by atoms with Gasteiger partial charge in [0, 0.05) is 18.6 Å². The number of nitrogens with zero attached hydrogens (tertiary/aromatic N) is 1. The largest absolute Gasteiger partial charge is 0.391 e. The predicted octanol–water partition coefficient (Wildman–Crippen LogP) is 1.35. The number of hydrogen-bond acceptors (Lipinski definition) is 3. The third-order valence-electron chi connectivity index (χ3n) is 4.42. The lowest BCUT2D eigenvalue weighted by atomic mass is 9.85. The maximum absolute atomic E-state index is 10.1. The van der Waals surface area contributed by atoms with Crippen LogP contribution in [-0.2, 0) is 0 Å². The Bertz CT molecular complexity index is 222. The average molecular weight is 226 g/mol. The normalized spacial score (nSPS) is 42.2. The summed E-state index contributed by atoms with van der Waals surface area (Å²) in [5, 5.41) is 10.1. The highest BCUT2D eigenvalue weighted by Gasteiger charge is 2.35. The van der Waals surface area contributed by atoms with Gasteiger partial charge in [0.15, 0.2) is 0 Å². The van der Waals surface area contributed by atoms with E-state index in [4.69, 9.17) is 5.73 Å². The van der Waals surface area contributed by atoms with Crippen LogP contribution in [0.25, 0.3) is 0 Å². The standard InChI is InChI=1S/C13H26N2O/c1-10-6-7-15(11(8-10)9-14)12-4-2-3-5-13(12)16/h10-13,16H,2-9,14H2,1H3. The van der Waals surface area contributed by atoms with Gasteiger partial charge in [-0.25, -0.2) is 0 Å². The number of aliphatic hydroxyl groups is 1. The Hall–Kier alpha value is -0.120. The van der Waals surface area contributed by atoms with Gasteiger partial charge in [0.05, 0.1) is 6.10 Å². The zero-order valence-corrected chi connectivity index (χ0v) is 10.4. The summed E-state index contributed by atoms with van der Waals surface area (Å²) in [4.78, 5) is 2.50. The molecule has 0 aromatic heterocycles. The monoisotopic (exact) mass is 226 g/mol. The molecule has 3 heteroatoms. The minimum atomic E-state index is -0.115. The van der Waals surface area contributed by atoms with Crippen molar-refractivity contribution >= 4 is 0 Å². The summed E-state index contributed by atoms with van der Waals surface area (Å²) in [5.74, 6) is 0.797. The second-order valence-electron chi connectivity index (χ2n) is 5.68. The number of likely N-dealkylation sites (tertiary alicyclic amines) is 1. The van der Waals surface area contributed by atoms with Crippen molar-refractivity contribution in [2.75, 3.05) is 13.1 Å². The van der Waals surface area contributed by atoms with E-state index >= 15 is 0 Å². The predicted molar refractivity (Wildman–Crippen MR) is 66.2 cm³/mol. The van der Waals surface area contributed by atoms with Gasteiger partial charge in [-0.15, -0.1) is 0 Å². The van der Waals surface area contributed by atoms with E-state index < -0.39 is 0 Å². The van der Waals surface area contributed by atoms with E-state index in [0.717, 1.165) is 31.8 Å². The molecule has 0 radical (unpaired) electrons. The highest BCUT2D eigenvalue weighted by Crippen LogP contribution is 2.30. The first-order valence-electron chi connectivity index (χ1n) is 6.86. The summed E-state index contributed by atoms with van der Waals surface area (Å²) >= 11 is 0. The van der Waals surface area contributed by atoms with Crippen LogP contribution in [0, 0.1) is 5.92 Å². The molecule has 0 amide bonds. The lowest BCUT2D eigenvalue weighted by Gasteiger charge is -2.46. The molecule has 2 aliphatic rings. The van der Waals surface area contributed by atoms with Crippen LogP contribution in [0.1, 0.15) is 45.4 Å². The Morgan fingerprint density at radius 3 is 2.69 bits per heavy atom. The molecule has 3 N–H and O–H groups in total. The lowest BCUT2D eigenvalue weighted by molar-refractivity contribution is -0.0207. The molecule has 2 rings (SSSR count). The van der Waals surface area contributed by atoms with Gasteiger partial charge in [0.25, 0.3) is 0 Å². The molecule has 0 aromatic carbocycles. The minimum Gasteiger partial charge on any atom is -0.391 e. The Balaban J connectivity index is 2.00. The van der Waals surface area contributed by atoms with Gasteiger partial charge >= 0.3 is 0 Å². The fourth-order valence-corrected chi connectivity index (χ4v) is 3.42. The summed E-state index contributed by atoms with van der Waals surface area (Å²) in [5.41, 5.74) is 5.88.